The lowest BCUT2D eigenvalue weighted by molar-refractivity contribution is 0.0380. The highest BCUT2D eigenvalue weighted by molar-refractivity contribution is 5.69. The molecule has 5 nitrogen and oxygen atoms in total. The van der Waals surface area contributed by atoms with Crippen molar-refractivity contribution in [2.45, 2.75) is 18.4 Å². The molecule has 4 N–H and O–H groups in total. The number of hydrogen-bond donors (Lipinski definition) is 3. The molecule has 1 aliphatic heterocycles. The molecule has 0 spiro atoms. The Morgan fingerprint density at radius 3 is 2.72 bits per heavy atom. The molecule has 1 saturated heterocycles. The number of nitriles is 1. The van der Waals surface area contributed by atoms with E-state index in [1.807, 2.05) is 6.07 Å². The van der Waals surface area contributed by atoms with Crippen molar-refractivity contribution in [3.8, 4) is 6.07 Å². The first-order valence-corrected chi connectivity index (χ1v) is 5.95. The summed E-state index contributed by atoms with van der Waals surface area (Å²) in [4.78, 5) is 0. The average Bonchev–Trinajstić information content (AvgIpc) is 2.42. The molecule has 2 rings (SSSR count). The molecule has 5 heteroatoms. The fourth-order valence-corrected chi connectivity index (χ4v) is 2.12. The maximum absolute atomic E-state index is 9.58. The summed E-state index contributed by atoms with van der Waals surface area (Å²) in [5.74, 6) is 0. The van der Waals surface area contributed by atoms with E-state index in [9.17, 15) is 5.11 Å². The van der Waals surface area contributed by atoms with Crippen LogP contribution in [0.15, 0.2) is 18.2 Å². The number of aliphatic hydroxyl groups excluding tert-OH is 1. The van der Waals surface area contributed by atoms with Crippen LogP contribution in [0.2, 0.25) is 0 Å². The van der Waals surface area contributed by atoms with E-state index in [0.717, 1.165) is 18.5 Å². The van der Waals surface area contributed by atoms with Gasteiger partial charge in [0.15, 0.2) is 0 Å². The molecule has 1 aromatic carbocycles. The van der Waals surface area contributed by atoms with Crippen molar-refractivity contribution in [2.75, 3.05) is 30.9 Å². The number of benzene rings is 1. The standard InChI is InChI=1S/C13H17N3O2/c14-8-10-1-2-12(11(15)7-10)16-13(9-17)3-5-18-6-4-13/h1-2,7,16-17H,3-6,9,15H2. The van der Waals surface area contributed by atoms with Crippen LogP contribution in [0.4, 0.5) is 11.4 Å². The van der Waals surface area contributed by atoms with Gasteiger partial charge in [0.25, 0.3) is 0 Å². The Hall–Kier alpha value is -1.77. The van der Waals surface area contributed by atoms with Gasteiger partial charge in [-0.15, -0.1) is 0 Å². The van der Waals surface area contributed by atoms with E-state index in [1.165, 1.54) is 0 Å². The van der Waals surface area contributed by atoms with Crippen molar-refractivity contribution in [3.63, 3.8) is 0 Å². The van der Waals surface area contributed by atoms with Crippen molar-refractivity contribution in [3.05, 3.63) is 23.8 Å². The Morgan fingerprint density at radius 1 is 1.44 bits per heavy atom. The summed E-state index contributed by atoms with van der Waals surface area (Å²) >= 11 is 0. The number of aliphatic hydroxyl groups is 1. The third kappa shape index (κ3) is 2.55. The third-order valence-electron chi connectivity index (χ3n) is 3.33. The maximum Gasteiger partial charge on any atom is 0.0992 e. The summed E-state index contributed by atoms with van der Waals surface area (Å²) in [6, 6.07) is 7.17. The molecule has 0 saturated carbocycles. The van der Waals surface area contributed by atoms with Crippen LogP contribution in [0.5, 0.6) is 0 Å². The lowest BCUT2D eigenvalue weighted by Gasteiger charge is -2.37. The fraction of sp³-hybridized carbons (Fsp3) is 0.462. The quantitative estimate of drug-likeness (QED) is 0.695. The number of nitrogens with zero attached hydrogens (tertiary/aromatic N) is 1. The predicted molar refractivity (Wildman–Crippen MR) is 69.1 cm³/mol. The maximum atomic E-state index is 9.58. The molecule has 1 heterocycles. The Kier molecular flexibility index (Phi) is 3.70. The van der Waals surface area contributed by atoms with Crippen LogP contribution >= 0.6 is 0 Å². The first-order valence-electron chi connectivity index (χ1n) is 5.95. The molecule has 18 heavy (non-hydrogen) atoms. The molecule has 0 unspecified atom stereocenters. The molecule has 1 aliphatic rings. The van der Waals surface area contributed by atoms with Gasteiger partial charge in [-0.25, -0.2) is 0 Å². The third-order valence-corrected chi connectivity index (χ3v) is 3.33. The number of nitrogens with one attached hydrogen (secondary N) is 1. The second kappa shape index (κ2) is 5.25. The molecule has 0 radical (unpaired) electrons. The number of anilines is 2. The normalized spacial score (nSPS) is 18.0. The summed E-state index contributed by atoms with van der Waals surface area (Å²) in [7, 11) is 0. The van der Waals surface area contributed by atoms with Crippen molar-refractivity contribution in [1.29, 1.82) is 5.26 Å². The number of rotatable bonds is 3. The lowest BCUT2D eigenvalue weighted by atomic mass is 9.90. The number of nitrogen functional groups attached to an aromatic ring is 1. The zero-order valence-electron chi connectivity index (χ0n) is 10.1. The van der Waals surface area contributed by atoms with Crippen molar-refractivity contribution in [1.82, 2.24) is 0 Å². The molecule has 0 aliphatic carbocycles. The molecule has 0 aromatic heterocycles. The number of ether oxygens (including phenoxy) is 1. The predicted octanol–water partition coefficient (Wildman–Crippen LogP) is 1.09. The first kappa shape index (κ1) is 12.7. The van der Waals surface area contributed by atoms with Gasteiger partial charge in [0.05, 0.1) is 35.2 Å². The van der Waals surface area contributed by atoms with Crippen LogP contribution < -0.4 is 11.1 Å². The molecule has 1 fully saturated rings. The molecular weight excluding hydrogens is 230 g/mol. The van der Waals surface area contributed by atoms with Crippen LogP contribution in [-0.4, -0.2) is 30.5 Å². The minimum Gasteiger partial charge on any atom is -0.397 e. The van der Waals surface area contributed by atoms with Gasteiger partial charge in [0.2, 0.25) is 0 Å². The molecule has 0 atom stereocenters. The zero-order valence-corrected chi connectivity index (χ0v) is 10.1. The lowest BCUT2D eigenvalue weighted by Crippen LogP contribution is -2.47. The molecule has 1 aromatic rings. The van der Waals surface area contributed by atoms with Crippen LogP contribution in [0, 0.1) is 11.3 Å². The van der Waals surface area contributed by atoms with Gasteiger partial charge in [-0.3, -0.25) is 0 Å². The number of hydrogen-bond acceptors (Lipinski definition) is 5. The highest BCUT2D eigenvalue weighted by Crippen LogP contribution is 2.29. The van der Waals surface area contributed by atoms with E-state index in [2.05, 4.69) is 5.32 Å². The number of nitrogens with two attached hydrogens (primary N) is 1. The molecule has 96 valence electrons. The Labute approximate surface area is 106 Å². The largest absolute Gasteiger partial charge is 0.397 e. The van der Waals surface area contributed by atoms with Gasteiger partial charge in [-0.2, -0.15) is 5.26 Å². The van der Waals surface area contributed by atoms with Crippen LogP contribution in [0.3, 0.4) is 0 Å². The summed E-state index contributed by atoms with van der Waals surface area (Å²) in [6.45, 7) is 1.29. The SMILES string of the molecule is N#Cc1ccc(NC2(CO)CCOCC2)c(N)c1. The van der Waals surface area contributed by atoms with Crippen molar-refractivity contribution < 1.29 is 9.84 Å². The van der Waals surface area contributed by atoms with Gasteiger partial charge in [0.1, 0.15) is 0 Å². The average molecular weight is 247 g/mol. The molecular formula is C13H17N3O2. The monoisotopic (exact) mass is 247 g/mol. The van der Waals surface area contributed by atoms with E-state index in [4.69, 9.17) is 15.7 Å². The molecule has 0 amide bonds. The van der Waals surface area contributed by atoms with Gasteiger partial charge in [-0.1, -0.05) is 0 Å². The Morgan fingerprint density at radius 2 is 2.17 bits per heavy atom. The summed E-state index contributed by atoms with van der Waals surface area (Å²) < 4.78 is 5.31. The van der Waals surface area contributed by atoms with Gasteiger partial charge in [0, 0.05) is 13.2 Å². The fourth-order valence-electron chi connectivity index (χ4n) is 2.12. The minimum absolute atomic E-state index is 0.0375. The van der Waals surface area contributed by atoms with Crippen LogP contribution in [-0.2, 0) is 4.74 Å². The van der Waals surface area contributed by atoms with Crippen molar-refractivity contribution >= 4 is 11.4 Å². The second-order valence-electron chi connectivity index (χ2n) is 4.59. The van der Waals surface area contributed by atoms with Gasteiger partial charge < -0.3 is 20.9 Å². The minimum atomic E-state index is -0.374. The topological polar surface area (TPSA) is 91.3 Å². The van der Waals surface area contributed by atoms with Gasteiger partial charge in [-0.05, 0) is 31.0 Å². The highest BCUT2D eigenvalue weighted by Gasteiger charge is 2.32. The Balaban J connectivity index is 2.19. The van der Waals surface area contributed by atoms with Gasteiger partial charge >= 0.3 is 0 Å². The van der Waals surface area contributed by atoms with E-state index in [1.54, 1.807) is 18.2 Å². The summed E-state index contributed by atoms with van der Waals surface area (Å²) in [5.41, 5.74) is 7.33. The first-order chi connectivity index (χ1) is 8.69. The second-order valence-corrected chi connectivity index (χ2v) is 4.59. The van der Waals surface area contributed by atoms with E-state index in [0.29, 0.717) is 24.5 Å². The molecule has 0 bridgehead atoms. The van der Waals surface area contributed by atoms with E-state index in [-0.39, 0.29) is 12.1 Å². The van der Waals surface area contributed by atoms with Crippen molar-refractivity contribution in [2.24, 2.45) is 0 Å². The Bertz CT molecular complexity index is 462. The zero-order chi connectivity index (χ0) is 13.0. The van der Waals surface area contributed by atoms with Crippen LogP contribution in [0.25, 0.3) is 0 Å². The van der Waals surface area contributed by atoms with E-state index >= 15 is 0 Å². The van der Waals surface area contributed by atoms with E-state index < -0.39 is 0 Å². The summed E-state index contributed by atoms with van der Waals surface area (Å²) in [5, 5.41) is 21.7. The highest BCUT2D eigenvalue weighted by atomic mass is 16.5. The summed E-state index contributed by atoms with van der Waals surface area (Å²) in [6.07, 6.45) is 1.48. The van der Waals surface area contributed by atoms with Crippen LogP contribution in [0.1, 0.15) is 18.4 Å². The smallest absolute Gasteiger partial charge is 0.0992 e.